The van der Waals surface area contributed by atoms with Crippen molar-refractivity contribution in [3.63, 3.8) is 0 Å². The van der Waals surface area contributed by atoms with Crippen LogP contribution in [0.1, 0.15) is 64.4 Å². The number of halogens is 3. The standard InChI is InChI=1S/C38H38F3N3O5/c1-4-25-13-23(10-11-43-18-27(39)19-43)17-44(38(25)48)36-28-14-24(8-9-30(28)40)20-49-32-7-5-6-21(2)34(32)26-12-22(3)35(41)29(15-26)31(16-33(45)46)42-37(36)47/h5-9,12-15,17,27,31,36H,4,10-11,16,18-20H2,1-3H3,(H,42,47)(H,45,46)/t31-,36-/m0/s1. The Bertz CT molecular complexity index is 1990. The number of ether oxygens (including phenoxy) is 1. The van der Waals surface area contributed by atoms with Crippen LogP contribution in [0.15, 0.2) is 65.6 Å². The van der Waals surface area contributed by atoms with Crippen LogP contribution in [0, 0.1) is 25.5 Å². The van der Waals surface area contributed by atoms with Crippen molar-refractivity contribution in [1.82, 2.24) is 14.8 Å². The van der Waals surface area contributed by atoms with Gasteiger partial charge in [-0.1, -0.05) is 25.1 Å². The molecule has 11 heteroatoms. The highest BCUT2D eigenvalue weighted by molar-refractivity contribution is 5.85. The number of nitrogens with zero attached hydrogens (tertiary/aromatic N) is 2. The first-order chi connectivity index (χ1) is 23.4. The Labute approximate surface area is 282 Å². The number of pyridine rings is 1. The third kappa shape index (κ3) is 6.98. The number of alkyl halides is 1. The fourth-order valence-electron chi connectivity index (χ4n) is 6.75. The van der Waals surface area contributed by atoms with Crippen molar-refractivity contribution in [1.29, 1.82) is 0 Å². The van der Waals surface area contributed by atoms with E-state index in [2.05, 4.69) is 5.32 Å². The Morgan fingerprint density at radius 1 is 1.02 bits per heavy atom. The molecule has 2 aliphatic heterocycles. The van der Waals surface area contributed by atoms with Gasteiger partial charge in [-0.05, 0) is 90.9 Å². The van der Waals surface area contributed by atoms with Crippen molar-refractivity contribution in [3.8, 4) is 16.9 Å². The number of carboxylic acids is 1. The fourth-order valence-corrected chi connectivity index (χ4v) is 6.75. The largest absolute Gasteiger partial charge is 0.488 e. The van der Waals surface area contributed by atoms with Crippen LogP contribution in [0.5, 0.6) is 5.75 Å². The van der Waals surface area contributed by atoms with Gasteiger partial charge in [0.05, 0.1) is 12.5 Å². The average molecular weight is 674 g/mol. The second-order valence-electron chi connectivity index (χ2n) is 12.9. The number of carbonyl (C=O) groups excluding carboxylic acids is 1. The molecule has 3 aromatic carbocycles. The molecular weight excluding hydrogens is 635 g/mol. The molecule has 2 N–H and O–H groups in total. The zero-order chi connectivity index (χ0) is 35.0. The second kappa shape index (κ2) is 13.9. The van der Waals surface area contributed by atoms with E-state index in [1.165, 1.54) is 35.0 Å². The molecule has 8 nitrogen and oxygen atoms in total. The molecule has 0 unspecified atom stereocenters. The van der Waals surface area contributed by atoms with Gasteiger partial charge < -0.3 is 15.2 Å². The SMILES string of the molecule is CCc1cc(CCN2CC(F)C2)cn([C@@H]2C(=O)N[C@@H](CC(=O)O)c3cc(cc(C)c3F)-c3c(C)cccc3OCc3ccc(F)c2c3)c1=O. The van der Waals surface area contributed by atoms with Gasteiger partial charge in [-0.3, -0.25) is 23.9 Å². The quantitative estimate of drug-likeness (QED) is 0.250. The number of nitrogens with one attached hydrogen (secondary N) is 1. The zero-order valence-electron chi connectivity index (χ0n) is 27.6. The van der Waals surface area contributed by atoms with Crippen molar-refractivity contribution >= 4 is 11.9 Å². The lowest BCUT2D eigenvalue weighted by atomic mass is 9.91. The summed E-state index contributed by atoms with van der Waals surface area (Å²) < 4.78 is 52.8. The van der Waals surface area contributed by atoms with E-state index >= 15 is 8.78 Å². The summed E-state index contributed by atoms with van der Waals surface area (Å²) in [7, 11) is 0. The minimum atomic E-state index is -1.59. The molecule has 49 heavy (non-hydrogen) atoms. The van der Waals surface area contributed by atoms with E-state index in [0.717, 1.165) is 5.56 Å². The van der Waals surface area contributed by atoms with Crippen LogP contribution in [0.25, 0.3) is 11.1 Å². The van der Waals surface area contributed by atoms with Crippen LogP contribution in [0.4, 0.5) is 13.2 Å². The Kier molecular flexibility index (Phi) is 9.65. The Hall–Kier alpha value is -4.90. The van der Waals surface area contributed by atoms with Crippen molar-refractivity contribution in [2.45, 2.75) is 64.9 Å². The summed E-state index contributed by atoms with van der Waals surface area (Å²) in [5.74, 6) is -3.17. The summed E-state index contributed by atoms with van der Waals surface area (Å²) in [5.41, 5.74) is 3.16. The maximum absolute atomic E-state index is 16.0. The van der Waals surface area contributed by atoms with E-state index < -0.39 is 53.7 Å². The molecule has 1 saturated heterocycles. The second-order valence-corrected chi connectivity index (χ2v) is 12.9. The van der Waals surface area contributed by atoms with Crippen molar-refractivity contribution in [2.24, 2.45) is 0 Å². The highest BCUT2D eigenvalue weighted by Gasteiger charge is 2.33. The van der Waals surface area contributed by atoms with Gasteiger partial charge in [0.2, 0.25) is 5.91 Å². The molecule has 2 atom stereocenters. The lowest BCUT2D eigenvalue weighted by molar-refractivity contribution is -0.137. The minimum Gasteiger partial charge on any atom is -0.488 e. The maximum atomic E-state index is 16.0. The summed E-state index contributed by atoms with van der Waals surface area (Å²) in [4.78, 5) is 42.5. The highest BCUT2D eigenvalue weighted by Crippen LogP contribution is 2.38. The maximum Gasteiger partial charge on any atom is 0.305 e. The Morgan fingerprint density at radius 3 is 2.51 bits per heavy atom. The number of aryl methyl sites for hydroxylation is 3. The van der Waals surface area contributed by atoms with E-state index in [1.54, 1.807) is 32.0 Å². The predicted octanol–water partition coefficient (Wildman–Crippen LogP) is 5.98. The highest BCUT2D eigenvalue weighted by atomic mass is 19.1. The molecule has 3 heterocycles. The number of aliphatic carboxylic acids is 1. The van der Waals surface area contributed by atoms with Gasteiger partial charge >= 0.3 is 5.97 Å². The number of amides is 1. The monoisotopic (exact) mass is 673 g/mol. The van der Waals surface area contributed by atoms with Crippen LogP contribution in [-0.4, -0.2) is 52.3 Å². The van der Waals surface area contributed by atoms with E-state index in [-0.39, 0.29) is 23.3 Å². The zero-order valence-corrected chi connectivity index (χ0v) is 27.6. The van der Waals surface area contributed by atoms with Crippen molar-refractivity contribution < 1.29 is 32.6 Å². The molecule has 6 rings (SSSR count). The summed E-state index contributed by atoms with van der Waals surface area (Å²) >= 11 is 0. The number of carboxylic acid groups (broad SMARTS) is 1. The van der Waals surface area contributed by atoms with Crippen LogP contribution >= 0.6 is 0 Å². The summed E-state index contributed by atoms with van der Waals surface area (Å²) in [6, 6.07) is 11.6. The average Bonchev–Trinajstić information content (AvgIpc) is 3.04. The van der Waals surface area contributed by atoms with Gasteiger partial charge in [-0.15, -0.1) is 0 Å². The van der Waals surface area contributed by atoms with Crippen LogP contribution < -0.4 is 15.6 Å². The van der Waals surface area contributed by atoms with Crippen molar-refractivity contribution in [3.05, 3.63) is 122 Å². The number of rotatable bonds is 7. The van der Waals surface area contributed by atoms with Gasteiger partial charge in [-0.25, -0.2) is 13.2 Å². The van der Waals surface area contributed by atoms with Gasteiger partial charge in [-0.2, -0.15) is 0 Å². The number of hydrogen-bond donors (Lipinski definition) is 2. The third-order valence-electron chi connectivity index (χ3n) is 9.34. The van der Waals surface area contributed by atoms with Gasteiger partial charge in [0.25, 0.3) is 5.56 Å². The molecule has 1 fully saturated rings. The lowest BCUT2D eigenvalue weighted by Gasteiger charge is -2.34. The summed E-state index contributed by atoms with van der Waals surface area (Å²) in [5, 5.41) is 12.6. The normalized spacial score (nSPS) is 18.1. The number of likely N-dealkylation sites (tertiary alicyclic amines) is 1. The molecule has 0 aliphatic carbocycles. The number of carbonyl (C=O) groups is 2. The third-order valence-corrected chi connectivity index (χ3v) is 9.34. The van der Waals surface area contributed by atoms with Crippen LogP contribution in [0.3, 0.4) is 0 Å². The lowest BCUT2D eigenvalue weighted by Crippen LogP contribution is -2.49. The minimum absolute atomic E-state index is 0.00665. The van der Waals surface area contributed by atoms with Crippen molar-refractivity contribution in [2.75, 3.05) is 19.6 Å². The Balaban J connectivity index is 1.54. The molecule has 0 saturated carbocycles. The summed E-state index contributed by atoms with van der Waals surface area (Å²) in [6.07, 6.45) is 0.714. The molecular formula is C38H38F3N3O5. The van der Waals surface area contributed by atoms with E-state index in [9.17, 15) is 23.9 Å². The first-order valence-electron chi connectivity index (χ1n) is 16.4. The fraction of sp³-hybridized carbons (Fsp3) is 0.342. The van der Waals surface area contributed by atoms with Crippen LogP contribution in [-0.2, 0) is 29.0 Å². The topological polar surface area (TPSA) is 101 Å². The van der Waals surface area contributed by atoms with Gasteiger partial charge in [0, 0.05) is 48.1 Å². The molecule has 1 aromatic heterocycles. The molecule has 256 valence electrons. The van der Waals surface area contributed by atoms with Crippen LogP contribution in [0.2, 0.25) is 0 Å². The van der Waals surface area contributed by atoms with Gasteiger partial charge in [0.1, 0.15) is 36.2 Å². The molecule has 0 radical (unpaired) electrons. The molecule has 0 spiro atoms. The number of fused-ring (bicyclic) bond motifs is 6. The van der Waals surface area contributed by atoms with E-state index in [4.69, 9.17) is 4.74 Å². The molecule has 1 amide bonds. The van der Waals surface area contributed by atoms with E-state index in [0.29, 0.717) is 66.0 Å². The first-order valence-corrected chi connectivity index (χ1v) is 16.4. The summed E-state index contributed by atoms with van der Waals surface area (Å²) in [6.45, 7) is 6.37. The molecule has 4 bridgehead atoms. The van der Waals surface area contributed by atoms with E-state index in [1.807, 2.05) is 24.0 Å². The first kappa shape index (κ1) is 34.0. The molecule has 4 aromatic rings. The number of hydrogen-bond acceptors (Lipinski definition) is 5. The predicted molar refractivity (Wildman–Crippen MR) is 178 cm³/mol. The number of benzene rings is 3. The molecule has 2 aliphatic rings. The number of aromatic nitrogens is 1. The smallest absolute Gasteiger partial charge is 0.305 e. The Morgan fingerprint density at radius 2 is 1.80 bits per heavy atom. The van der Waals surface area contributed by atoms with Gasteiger partial charge in [0.15, 0.2) is 0 Å².